The van der Waals surface area contributed by atoms with E-state index in [-0.39, 0.29) is 18.3 Å². The lowest BCUT2D eigenvalue weighted by Gasteiger charge is -2.21. The molecule has 2 N–H and O–H groups in total. The largest absolute Gasteiger partial charge is 0.486 e. The molecule has 0 unspecified atom stereocenters. The highest BCUT2D eigenvalue weighted by Crippen LogP contribution is 2.33. The second-order valence-corrected chi connectivity index (χ2v) is 9.27. The van der Waals surface area contributed by atoms with E-state index in [1.165, 1.54) is 59.0 Å². The van der Waals surface area contributed by atoms with Gasteiger partial charge in [0, 0.05) is 18.1 Å². The topological polar surface area (TPSA) is 99.2 Å². The Balaban J connectivity index is 1.42. The third-order valence-corrected chi connectivity index (χ3v) is 6.98. The predicted octanol–water partition coefficient (Wildman–Crippen LogP) is 4.76. The van der Waals surface area contributed by atoms with Crippen molar-refractivity contribution < 1.29 is 13.9 Å². The van der Waals surface area contributed by atoms with Crippen molar-refractivity contribution in [1.82, 2.24) is 19.9 Å². The molecule has 2 aromatic heterocycles. The van der Waals surface area contributed by atoms with Gasteiger partial charge in [-0.2, -0.15) is 0 Å². The van der Waals surface area contributed by atoms with E-state index in [9.17, 15) is 9.18 Å². The zero-order valence-electron chi connectivity index (χ0n) is 18.9. The summed E-state index contributed by atoms with van der Waals surface area (Å²) in [7, 11) is 0. The molecule has 0 fully saturated rings. The summed E-state index contributed by atoms with van der Waals surface area (Å²) in [5, 5.41) is 11.2. The van der Waals surface area contributed by atoms with Crippen LogP contribution in [-0.4, -0.2) is 25.8 Å². The highest BCUT2D eigenvalue weighted by molar-refractivity contribution is 7.98. The third kappa shape index (κ3) is 5.20. The van der Waals surface area contributed by atoms with Crippen LogP contribution in [0.4, 0.5) is 15.2 Å². The minimum absolute atomic E-state index is 0.0972. The first-order valence-electron chi connectivity index (χ1n) is 10.4. The van der Waals surface area contributed by atoms with Gasteiger partial charge in [0.1, 0.15) is 18.2 Å². The summed E-state index contributed by atoms with van der Waals surface area (Å²) < 4.78 is 20.0. The van der Waals surface area contributed by atoms with Crippen LogP contribution in [0.1, 0.15) is 29.6 Å². The van der Waals surface area contributed by atoms with Crippen molar-refractivity contribution in [3.8, 4) is 5.75 Å². The van der Waals surface area contributed by atoms with Crippen molar-refractivity contribution in [3.05, 3.63) is 76.3 Å². The quantitative estimate of drug-likeness (QED) is 0.276. The molecule has 176 valence electrons. The van der Waals surface area contributed by atoms with Gasteiger partial charge in [0.25, 0.3) is 0 Å². The van der Waals surface area contributed by atoms with Crippen LogP contribution in [-0.2, 0) is 17.2 Å². The van der Waals surface area contributed by atoms with E-state index in [0.29, 0.717) is 27.6 Å². The number of anilines is 2. The van der Waals surface area contributed by atoms with Crippen LogP contribution in [0.5, 0.6) is 5.75 Å². The number of thioether (sulfide) groups is 1. The number of nitrogens with two attached hydrogens (primary N) is 1. The Hall–Kier alpha value is -3.44. The van der Waals surface area contributed by atoms with Crippen LogP contribution in [0.3, 0.4) is 0 Å². The zero-order chi connectivity index (χ0) is 24.2. The molecule has 11 heteroatoms. The second-order valence-electron chi connectivity index (χ2n) is 7.49. The monoisotopic (exact) mass is 498 g/mol. The first-order valence-corrected chi connectivity index (χ1v) is 12.2. The molecule has 0 bridgehead atoms. The van der Waals surface area contributed by atoms with Gasteiger partial charge in [-0.1, -0.05) is 23.9 Å². The smallest absolute Gasteiger partial charge is 0.230 e. The standard InChI is InChI=1S/C23H23FN6O2S2/c1-14-5-4-6-20(15(14)2)29(16(3)31)22-26-18(12-33-22)13-34-23-28-27-21(30(23)25)11-32-19-9-7-17(24)8-10-19/h4-10,12H,11,13,25H2,1-3H3. The SMILES string of the molecule is CC(=O)N(c1nc(CSc2nnc(COc3ccc(F)cc3)n2N)cs1)c1cccc(C)c1C. The van der Waals surface area contributed by atoms with E-state index in [1.807, 2.05) is 37.4 Å². The highest BCUT2D eigenvalue weighted by atomic mass is 32.2. The number of hydrogen-bond donors (Lipinski definition) is 1. The molecule has 0 atom stereocenters. The van der Waals surface area contributed by atoms with E-state index in [4.69, 9.17) is 10.6 Å². The normalized spacial score (nSPS) is 10.9. The fourth-order valence-electron chi connectivity index (χ4n) is 3.17. The maximum atomic E-state index is 13.0. The minimum Gasteiger partial charge on any atom is -0.486 e. The molecule has 0 aliphatic carbocycles. The Labute approximate surface area is 204 Å². The number of benzene rings is 2. The van der Waals surface area contributed by atoms with Gasteiger partial charge in [-0.25, -0.2) is 14.1 Å². The van der Waals surface area contributed by atoms with Gasteiger partial charge < -0.3 is 10.6 Å². The first kappa shape index (κ1) is 23.7. The van der Waals surface area contributed by atoms with E-state index >= 15 is 0 Å². The molecule has 8 nitrogen and oxygen atoms in total. The summed E-state index contributed by atoms with van der Waals surface area (Å²) in [6.45, 7) is 5.64. The molecular weight excluding hydrogens is 475 g/mol. The zero-order valence-corrected chi connectivity index (χ0v) is 20.5. The molecule has 1 amide bonds. The van der Waals surface area contributed by atoms with Gasteiger partial charge in [0.15, 0.2) is 11.0 Å². The molecule has 2 aromatic carbocycles. The number of nitrogens with zero attached hydrogens (tertiary/aromatic N) is 5. The fraction of sp³-hybridized carbons (Fsp3) is 0.217. The number of amides is 1. The highest BCUT2D eigenvalue weighted by Gasteiger charge is 2.20. The lowest BCUT2D eigenvalue weighted by Crippen LogP contribution is -2.23. The Bertz CT molecular complexity index is 1310. The number of carbonyl (C=O) groups excluding carboxylic acids is 1. The average Bonchev–Trinajstić information content (AvgIpc) is 3.41. The number of thiazole rings is 1. The van der Waals surface area contributed by atoms with Gasteiger partial charge in [0.2, 0.25) is 11.1 Å². The van der Waals surface area contributed by atoms with Gasteiger partial charge in [-0.3, -0.25) is 9.69 Å². The van der Waals surface area contributed by atoms with E-state index < -0.39 is 0 Å². The fourth-order valence-corrected chi connectivity index (χ4v) is 4.92. The predicted molar refractivity (Wildman–Crippen MR) is 131 cm³/mol. The number of carbonyl (C=O) groups is 1. The summed E-state index contributed by atoms with van der Waals surface area (Å²) in [6.07, 6.45) is 0. The van der Waals surface area contributed by atoms with Crippen LogP contribution in [0.2, 0.25) is 0 Å². The first-order chi connectivity index (χ1) is 16.3. The van der Waals surface area contributed by atoms with E-state index in [2.05, 4.69) is 15.2 Å². The van der Waals surface area contributed by atoms with Crippen LogP contribution >= 0.6 is 23.1 Å². The van der Waals surface area contributed by atoms with Crippen LogP contribution in [0.25, 0.3) is 0 Å². The lowest BCUT2D eigenvalue weighted by atomic mass is 10.1. The van der Waals surface area contributed by atoms with Crippen molar-refractivity contribution in [2.45, 2.75) is 38.3 Å². The van der Waals surface area contributed by atoms with E-state index in [1.54, 1.807) is 4.90 Å². The molecular formula is C23H23FN6O2S2. The molecule has 0 aliphatic rings. The van der Waals surface area contributed by atoms with Gasteiger partial charge in [0.05, 0.1) is 11.4 Å². The minimum atomic E-state index is -0.335. The number of aryl methyl sites for hydroxylation is 1. The average molecular weight is 499 g/mol. The number of nitrogen functional groups attached to an aromatic ring is 1. The van der Waals surface area contributed by atoms with Crippen molar-refractivity contribution in [2.75, 3.05) is 10.7 Å². The number of aromatic nitrogens is 4. The number of ether oxygens (including phenoxy) is 1. The Morgan fingerprint density at radius 3 is 2.71 bits per heavy atom. The maximum Gasteiger partial charge on any atom is 0.230 e. The Kier molecular flexibility index (Phi) is 7.13. The number of halogens is 1. The molecule has 0 saturated heterocycles. The van der Waals surface area contributed by atoms with Gasteiger partial charge >= 0.3 is 0 Å². The van der Waals surface area contributed by atoms with Crippen molar-refractivity contribution in [3.63, 3.8) is 0 Å². The van der Waals surface area contributed by atoms with Crippen molar-refractivity contribution in [1.29, 1.82) is 0 Å². The Morgan fingerprint density at radius 1 is 1.21 bits per heavy atom. The van der Waals surface area contributed by atoms with Crippen LogP contribution < -0.4 is 15.5 Å². The third-order valence-electron chi connectivity index (χ3n) is 5.13. The molecule has 0 aliphatic heterocycles. The maximum absolute atomic E-state index is 13.0. The summed E-state index contributed by atoms with van der Waals surface area (Å²) >= 11 is 2.79. The van der Waals surface area contributed by atoms with Crippen LogP contribution in [0.15, 0.2) is 53.0 Å². The number of hydrogen-bond acceptors (Lipinski definition) is 8. The van der Waals surface area contributed by atoms with E-state index in [0.717, 1.165) is 22.5 Å². The second kappa shape index (κ2) is 10.2. The van der Waals surface area contributed by atoms with Gasteiger partial charge in [-0.05, 0) is 55.3 Å². The lowest BCUT2D eigenvalue weighted by molar-refractivity contribution is -0.115. The molecule has 0 saturated carbocycles. The Morgan fingerprint density at radius 2 is 1.97 bits per heavy atom. The molecule has 4 rings (SSSR count). The summed E-state index contributed by atoms with van der Waals surface area (Å²) in [6, 6.07) is 11.6. The van der Waals surface area contributed by atoms with Gasteiger partial charge in [-0.15, -0.1) is 21.5 Å². The van der Waals surface area contributed by atoms with Crippen molar-refractivity contribution in [2.24, 2.45) is 0 Å². The van der Waals surface area contributed by atoms with Crippen LogP contribution in [0, 0.1) is 19.7 Å². The summed E-state index contributed by atoms with van der Waals surface area (Å²) in [4.78, 5) is 18.7. The molecule has 2 heterocycles. The summed E-state index contributed by atoms with van der Waals surface area (Å²) in [5.41, 5.74) is 3.77. The molecule has 4 aromatic rings. The molecule has 0 spiro atoms. The number of rotatable bonds is 8. The molecule has 0 radical (unpaired) electrons. The summed E-state index contributed by atoms with van der Waals surface area (Å²) in [5.74, 6) is 7.12. The molecule has 34 heavy (non-hydrogen) atoms. The van der Waals surface area contributed by atoms with Crippen molar-refractivity contribution >= 4 is 39.8 Å².